The van der Waals surface area contributed by atoms with E-state index in [0.717, 1.165) is 6.42 Å². The molecular weight excluding hydrogens is 206 g/mol. The van der Waals surface area contributed by atoms with E-state index < -0.39 is 5.60 Å². The van der Waals surface area contributed by atoms with Crippen LogP contribution in [-0.2, 0) is 9.53 Å². The van der Waals surface area contributed by atoms with E-state index in [1.54, 1.807) is 0 Å². The number of hydrogen-bond donors (Lipinski definition) is 1. The molecule has 2 aliphatic carbocycles. The van der Waals surface area contributed by atoms with Crippen LogP contribution in [0.2, 0.25) is 0 Å². The maximum absolute atomic E-state index is 11.4. The number of ether oxygens (including phenoxy) is 1. The summed E-state index contributed by atoms with van der Waals surface area (Å²) < 4.78 is 5.17. The minimum atomic E-state index is -0.444. The lowest BCUT2D eigenvalue weighted by molar-refractivity contribution is -0.127. The molecule has 2 saturated carbocycles. The first kappa shape index (κ1) is 11.4. The Morgan fingerprint density at radius 2 is 2.00 bits per heavy atom. The Morgan fingerprint density at radius 3 is 2.50 bits per heavy atom. The molecule has 4 nitrogen and oxygen atoms in total. The first-order chi connectivity index (χ1) is 7.35. The van der Waals surface area contributed by atoms with E-state index in [1.807, 2.05) is 20.8 Å². The van der Waals surface area contributed by atoms with E-state index in [4.69, 9.17) is 4.74 Å². The normalized spacial score (nSPS) is 29.6. The Hall–Kier alpha value is -1.06. The Kier molecular flexibility index (Phi) is 2.68. The highest BCUT2D eigenvalue weighted by Gasteiger charge is 2.48. The van der Waals surface area contributed by atoms with Gasteiger partial charge in [-0.2, -0.15) is 0 Å². The fraction of sp³-hybridized carbons (Fsp3) is 0.833. The second kappa shape index (κ2) is 3.75. The molecule has 4 heteroatoms. The molecule has 0 aromatic heterocycles. The summed E-state index contributed by atoms with van der Waals surface area (Å²) in [6.07, 6.45) is 2.07. The number of hydrogen-bond acceptors (Lipinski definition) is 3. The molecule has 0 radical (unpaired) electrons. The highest BCUT2D eigenvalue weighted by Crippen LogP contribution is 2.45. The summed E-state index contributed by atoms with van der Waals surface area (Å²) in [5, 5.41) is 2.85. The Balaban J connectivity index is 1.69. The average Bonchev–Trinajstić information content (AvgIpc) is 2.74. The molecule has 0 bridgehead atoms. The number of amides is 1. The van der Waals surface area contributed by atoms with Crippen LogP contribution in [0.4, 0.5) is 4.79 Å². The predicted octanol–water partition coefficient (Wildman–Crippen LogP) is 1.88. The zero-order chi connectivity index (χ0) is 11.9. The lowest BCUT2D eigenvalue weighted by Crippen LogP contribution is -2.36. The number of nitrogens with one attached hydrogen (secondary N) is 1. The minimum absolute atomic E-state index is 0.230. The van der Waals surface area contributed by atoms with Gasteiger partial charge >= 0.3 is 6.09 Å². The third-order valence-electron chi connectivity index (χ3n) is 3.13. The SMILES string of the molecule is CC(C)(C)OC(=O)N[C@@H]1C[C@H]1C1CC(=O)C1. The van der Waals surface area contributed by atoms with Crippen molar-refractivity contribution >= 4 is 11.9 Å². The molecule has 2 aliphatic rings. The van der Waals surface area contributed by atoms with Crippen LogP contribution in [0.1, 0.15) is 40.0 Å². The van der Waals surface area contributed by atoms with Crippen LogP contribution >= 0.6 is 0 Å². The van der Waals surface area contributed by atoms with Gasteiger partial charge < -0.3 is 10.1 Å². The van der Waals surface area contributed by atoms with Gasteiger partial charge in [-0.3, -0.25) is 4.79 Å². The molecule has 0 heterocycles. The molecule has 0 unspecified atom stereocenters. The summed E-state index contributed by atoms with van der Waals surface area (Å²) in [5.41, 5.74) is -0.444. The smallest absolute Gasteiger partial charge is 0.407 e. The van der Waals surface area contributed by atoms with Crippen molar-refractivity contribution < 1.29 is 14.3 Å². The lowest BCUT2D eigenvalue weighted by atomic mass is 9.80. The van der Waals surface area contributed by atoms with Crippen LogP contribution in [0.25, 0.3) is 0 Å². The molecule has 0 saturated heterocycles. The van der Waals surface area contributed by atoms with Gasteiger partial charge in [0.25, 0.3) is 0 Å². The summed E-state index contributed by atoms with van der Waals surface area (Å²) in [4.78, 5) is 22.3. The Bertz CT molecular complexity index is 311. The third-order valence-corrected chi connectivity index (χ3v) is 3.13. The quantitative estimate of drug-likeness (QED) is 0.780. The highest BCUT2D eigenvalue weighted by atomic mass is 16.6. The van der Waals surface area contributed by atoms with Gasteiger partial charge in [0.15, 0.2) is 0 Å². The van der Waals surface area contributed by atoms with Crippen molar-refractivity contribution in [3.63, 3.8) is 0 Å². The number of alkyl carbamates (subject to hydrolysis) is 1. The molecule has 1 amide bonds. The zero-order valence-corrected chi connectivity index (χ0v) is 10.1. The average molecular weight is 225 g/mol. The fourth-order valence-corrected chi connectivity index (χ4v) is 2.19. The predicted molar refractivity (Wildman–Crippen MR) is 59.0 cm³/mol. The zero-order valence-electron chi connectivity index (χ0n) is 10.1. The second-order valence-electron chi connectivity index (χ2n) is 5.86. The molecule has 2 rings (SSSR count). The highest BCUT2D eigenvalue weighted by molar-refractivity contribution is 5.84. The molecule has 0 spiro atoms. The topological polar surface area (TPSA) is 55.4 Å². The molecule has 2 fully saturated rings. The second-order valence-corrected chi connectivity index (χ2v) is 5.86. The summed E-state index contributed by atoms with van der Waals surface area (Å²) in [5.74, 6) is 1.37. The van der Waals surface area contributed by atoms with E-state index in [-0.39, 0.29) is 12.1 Å². The maximum atomic E-state index is 11.4. The van der Waals surface area contributed by atoms with Gasteiger partial charge in [0, 0.05) is 18.9 Å². The molecule has 2 atom stereocenters. The minimum Gasteiger partial charge on any atom is -0.444 e. The number of carbonyl (C=O) groups is 2. The van der Waals surface area contributed by atoms with Gasteiger partial charge in [-0.05, 0) is 39.0 Å². The number of carbonyl (C=O) groups excluding carboxylic acids is 2. The van der Waals surface area contributed by atoms with Crippen LogP contribution in [0.15, 0.2) is 0 Å². The van der Waals surface area contributed by atoms with Gasteiger partial charge in [0.05, 0.1) is 0 Å². The van der Waals surface area contributed by atoms with Crippen molar-refractivity contribution in [2.24, 2.45) is 11.8 Å². The maximum Gasteiger partial charge on any atom is 0.407 e. The van der Waals surface area contributed by atoms with Crippen LogP contribution in [0.5, 0.6) is 0 Å². The molecule has 1 N–H and O–H groups in total. The van der Waals surface area contributed by atoms with Gasteiger partial charge in [0.2, 0.25) is 0 Å². The largest absolute Gasteiger partial charge is 0.444 e. The standard InChI is InChI=1S/C12H19NO3/c1-12(2,3)16-11(15)13-10-6-9(10)7-4-8(14)5-7/h7,9-10H,4-6H2,1-3H3,(H,13,15)/t9-,10+/m0/s1. The van der Waals surface area contributed by atoms with Crippen molar-refractivity contribution in [3.05, 3.63) is 0 Å². The Labute approximate surface area is 95.7 Å². The number of rotatable bonds is 2. The van der Waals surface area contributed by atoms with Crippen molar-refractivity contribution in [2.45, 2.75) is 51.7 Å². The first-order valence-electron chi connectivity index (χ1n) is 5.86. The number of ketones is 1. The third kappa shape index (κ3) is 2.74. The summed E-state index contributed by atoms with van der Waals surface area (Å²) in [7, 11) is 0. The van der Waals surface area contributed by atoms with E-state index in [9.17, 15) is 9.59 Å². The fourth-order valence-electron chi connectivity index (χ4n) is 2.19. The van der Waals surface area contributed by atoms with E-state index in [0.29, 0.717) is 30.5 Å². The van der Waals surface area contributed by atoms with Gasteiger partial charge in [-0.15, -0.1) is 0 Å². The molecule has 0 aromatic carbocycles. The van der Waals surface area contributed by atoms with Crippen molar-refractivity contribution in [1.82, 2.24) is 5.32 Å². The van der Waals surface area contributed by atoms with E-state index in [2.05, 4.69) is 5.32 Å². The van der Waals surface area contributed by atoms with Crippen molar-refractivity contribution in [3.8, 4) is 0 Å². The molecule has 90 valence electrons. The first-order valence-corrected chi connectivity index (χ1v) is 5.86. The van der Waals surface area contributed by atoms with Crippen molar-refractivity contribution in [1.29, 1.82) is 0 Å². The Morgan fingerprint density at radius 1 is 1.38 bits per heavy atom. The van der Waals surface area contributed by atoms with Crippen molar-refractivity contribution in [2.75, 3.05) is 0 Å². The monoisotopic (exact) mass is 225 g/mol. The molecular formula is C12H19NO3. The van der Waals surface area contributed by atoms with Gasteiger partial charge in [-0.25, -0.2) is 4.79 Å². The van der Waals surface area contributed by atoms with Gasteiger partial charge in [0.1, 0.15) is 11.4 Å². The van der Waals surface area contributed by atoms with E-state index >= 15 is 0 Å². The van der Waals surface area contributed by atoms with Crippen LogP contribution < -0.4 is 5.32 Å². The number of Topliss-reactive ketones (excluding diaryl/α,β-unsaturated/α-hetero) is 1. The molecule has 0 aliphatic heterocycles. The summed E-state index contributed by atoms with van der Waals surface area (Å²) >= 11 is 0. The van der Waals surface area contributed by atoms with Gasteiger partial charge in [-0.1, -0.05) is 0 Å². The molecule has 0 aromatic rings. The van der Waals surface area contributed by atoms with Crippen LogP contribution in [-0.4, -0.2) is 23.5 Å². The summed E-state index contributed by atoms with van der Waals surface area (Å²) in [6, 6.07) is 0.230. The van der Waals surface area contributed by atoms with E-state index in [1.165, 1.54) is 0 Å². The lowest BCUT2D eigenvalue weighted by Gasteiger charge is -2.24. The molecule has 16 heavy (non-hydrogen) atoms. The summed E-state index contributed by atoms with van der Waals surface area (Å²) in [6.45, 7) is 5.55. The van der Waals surface area contributed by atoms with Crippen LogP contribution in [0, 0.1) is 11.8 Å². The van der Waals surface area contributed by atoms with Crippen LogP contribution in [0.3, 0.4) is 0 Å².